The molecule has 2 amide bonds. The Morgan fingerprint density at radius 1 is 1.26 bits per heavy atom. The maximum absolute atomic E-state index is 12.8. The molecular weight excluding hydrogens is 346 g/mol. The molecule has 0 unspecified atom stereocenters. The highest BCUT2D eigenvalue weighted by molar-refractivity contribution is 5.81. The molecule has 1 saturated heterocycles. The van der Waals surface area contributed by atoms with Gasteiger partial charge in [-0.2, -0.15) is 0 Å². The van der Waals surface area contributed by atoms with Crippen LogP contribution in [0.1, 0.15) is 46.4 Å². The van der Waals surface area contributed by atoms with Crippen LogP contribution in [0.4, 0.5) is 0 Å². The van der Waals surface area contributed by atoms with Gasteiger partial charge in [-0.15, -0.1) is 5.10 Å². The van der Waals surface area contributed by atoms with Crippen LogP contribution in [0.3, 0.4) is 0 Å². The van der Waals surface area contributed by atoms with Crippen molar-refractivity contribution in [3.8, 4) is 0 Å². The van der Waals surface area contributed by atoms with Crippen LogP contribution in [0.2, 0.25) is 0 Å². The number of amides is 2. The van der Waals surface area contributed by atoms with Crippen LogP contribution in [0.5, 0.6) is 0 Å². The average molecular weight is 380 g/mol. The van der Waals surface area contributed by atoms with Crippen molar-refractivity contribution in [2.45, 2.75) is 59.7 Å². The van der Waals surface area contributed by atoms with Gasteiger partial charge in [0.1, 0.15) is 6.54 Å². The molecule has 1 aromatic rings. The van der Waals surface area contributed by atoms with Gasteiger partial charge in [-0.25, -0.2) is 4.68 Å². The summed E-state index contributed by atoms with van der Waals surface area (Å²) >= 11 is 0. The van der Waals surface area contributed by atoms with Crippen molar-refractivity contribution in [2.75, 3.05) is 33.2 Å². The van der Waals surface area contributed by atoms with Crippen molar-refractivity contribution in [1.82, 2.24) is 34.9 Å². The van der Waals surface area contributed by atoms with Crippen molar-refractivity contribution >= 4 is 11.8 Å². The molecule has 1 aliphatic rings. The lowest BCUT2D eigenvalue weighted by Crippen LogP contribution is -2.47. The first kappa shape index (κ1) is 21.3. The molecular formula is C18H33N7O2. The lowest BCUT2D eigenvalue weighted by atomic mass is 9.96. The predicted molar refractivity (Wildman–Crippen MR) is 102 cm³/mol. The third-order valence-corrected chi connectivity index (χ3v) is 5.36. The number of nitrogens with zero attached hydrogens (tertiary/aromatic N) is 7. The number of carbonyl (C=O) groups is 2. The Hall–Kier alpha value is -2.03. The fraction of sp³-hybridized carbons (Fsp3) is 0.833. The molecule has 1 aromatic heterocycles. The van der Waals surface area contributed by atoms with E-state index in [4.69, 9.17) is 0 Å². The summed E-state index contributed by atoms with van der Waals surface area (Å²) in [6.45, 7) is 11.4. The van der Waals surface area contributed by atoms with Gasteiger partial charge in [-0.3, -0.25) is 14.5 Å². The van der Waals surface area contributed by atoms with Crippen LogP contribution in [0, 0.1) is 5.92 Å². The highest BCUT2D eigenvalue weighted by Gasteiger charge is 2.30. The molecule has 27 heavy (non-hydrogen) atoms. The topological polar surface area (TPSA) is 87.5 Å². The van der Waals surface area contributed by atoms with E-state index < -0.39 is 0 Å². The molecule has 0 spiro atoms. The number of hydrogen-bond acceptors (Lipinski definition) is 6. The van der Waals surface area contributed by atoms with Crippen LogP contribution in [0.25, 0.3) is 0 Å². The van der Waals surface area contributed by atoms with E-state index in [1.807, 2.05) is 25.8 Å². The van der Waals surface area contributed by atoms with Gasteiger partial charge in [-0.1, -0.05) is 0 Å². The maximum Gasteiger partial charge on any atom is 0.244 e. The molecule has 152 valence electrons. The second-order valence-corrected chi connectivity index (χ2v) is 7.45. The Labute approximate surface area is 161 Å². The smallest absolute Gasteiger partial charge is 0.244 e. The van der Waals surface area contributed by atoms with E-state index in [1.165, 1.54) is 0 Å². The quantitative estimate of drug-likeness (QED) is 0.658. The fourth-order valence-electron chi connectivity index (χ4n) is 3.29. The normalized spacial score (nSPS) is 17.6. The van der Waals surface area contributed by atoms with Crippen molar-refractivity contribution in [2.24, 2.45) is 5.92 Å². The van der Waals surface area contributed by atoms with Crippen LogP contribution in [-0.4, -0.2) is 86.0 Å². The molecule has 0 saturated carbocycles. The summed E-state index contributed by atoms with van der Waals surface area (Å²) in [7, 11) is 2.00. The zero-order valence-corrected chi connectivity index (χ0v) is 17.3. The van der Waals surface area contributed by atoms with E-state index in [1.54, 1.807) is 9.58 Å². The number of piperidine rings is 1. The summed E-state index contributed by atoms with van der Waals surface area (Å²) < 4.78 is 1.57. The predicted octanol–water partition coefficient (Wildman–Crippen LogP) is 0.620. The summed E-state index contributed by atoms with van der Waals surface area (Å²) in [5.74, 6) is 0.683. The second kappa shape index (κ2) is 9.77. The highest BCUT2D eigenvalue weighted by atomic mass is 16.2. The summed E-state index contributed by atoms with van der Waals surface area (Å²) in [6.07, 6.45) is 1.69. The first-order chi connectivity index (χ1) is 12.9. The van der Waals surface area contributed by atoms with Gasteiger partial charge >= 0.3 is 0 Å². The Morgan fingerprint density at radius 3 is 2.59 bits per heavy atom. The number of tetrazole rings is 1. The van der Waals surface area contributed by atoms with Crippen molar-refractivity contribution in [1.29, 1.82) is 0 Å². The lowest BCUT2D eigenvalue weighted by Gasteiger charge is -2.34. The van der Waals surface area contributed by atoms with Crippen LogP contribution in [-0.2, 0) is 22.7 Å². The summed E-state index contributed by atoms with van der Waals surface area (Å²) in [5.41, 5.74) is 0. The van der Waals surface area contributed by atoms with Gasteiger partial charge in [-0.05, 0) is 58.0 Å². The molecule has 0 aliphatic carbocycles. The summed E-state index contributed by atoms with van der Waals surface area (Å²) in [5, 5.41) is 11.8. The Kier molecular flexibility index (Phi) is 7.70. The van der Waals surface area contributed by atoms with Crippen LogP contribution in [0.15, 0.2) is 0 Å². The molecule has 2 heterocycles. The number of likely N-dealkylation sites (tertiary alicyclic amines) is 1. The zero-order chi connectivity index (χ0) is 20.0. The average Bonchev–Trinajstić information content (AvgIpc) is 3.09. The van der Waals surface area contributed by atoms with E-state index in [-0.39, 0.29) is 24.3 Å². The Morgan fingerprint density at radius 2 is 1.96 bits per heavy atom. The Balaban J connectivity index is 1.98. The Bertz CT molecular complexity index is 627. The van der Waals surface area contributed by atoms with Gasteiger partial charge in [0.2, 0.25) is 11.8 Å². The van der Waals surface area contributed by atoms with E-state index >= 15 is 0 Å². The monoisotopic (exact) mass is 379 g/mol. The minimum Gasteiger partial charge on any atom is -0.343 e. The standard InChI is InChI=1S/C18H33N7O2/c1-6-23(7-2)18(27)15-9-8-10-24(11-15)17(26)13-25-16(19-20-21-25)12-22(5)14(3)4/h14-15H,6-13H2,1-5H3/t15-/m1/s1. The van der Waals surface area contributed by atoms with E-state index in [0.717, 1.165) is 12.8 Å². The highest BCUT2D eigenvalue weighted by Crippen LogP contribution is 2.19. The van der Waals surface area contributed by atoms with Crippen molar-refractivity contribution < 1.29 is 9.59 Å². The van der Waals surface area contributed by atoms with Crippen molar-refractivity contribution in [3.63, 3.8) is 0 Å². The van der Waals surface area contributed by atoms with Gasteiger partial charge in [0, 0.05) is 32.2 Å². The molecule has 2 rings (SSSR count). The molecule has 1 atom stereocenters. The minimum absolute atomic E-state index is 0.0344. The summed E-state index contributed by atoms with van der Waals surface area (Å²) in [6, 6.07) is 0.361. The minimum atomic E-state index is -0.108. The molecule has 9 nitrogen and oxygen atoms in total. The number of aromatic nitrogens is 4. The molecule has 1 aliphatic heterocycles. The number of carbonyl (C=O) groups excluding carboxylic acids is 2. The number of hydrogen-bond donors (Lipinski definition) is 0. The molecule has 0 bridgehead atoms. The molecule has 0 radical (unpaired) electrons. The third kappa shape index (κ3) is 5.47. The lowest BCUT2D eigenvalue weighted by molar-refractivity contribution is -0.141. The fourth-order valence-corrected chi connectivity index (χ4v) is 3.29. The molecule has 0 aromatic carbocycles. The van der Waals surface area contributed by atoms with E-state index in [9.17, 15) is 9.59 Å². The third-order valence-electron chi connectivity index (χ3n) is 5.36. The number of rotatable bonds is 8. The summed E-state index contributed by atoms with van der Waals surface area (Å²) in [4.78, 5) is 31.2. The van der Waals surface area contributed by atoms with Gasteiger partial charge in [0.25, 0.3) is 0 Å². The van der Waals surface area contributed by atoms with E-state index in [0.29, 0.717) is 44.6 Å². The van der Waals surface area contributed by atoms with E-state index in [2.05, 4.69) is 34.3 Å². The van der Waals surface area contributed by atoms with Gasteiger partial charge < -0.3 is 9.80 Å². The van der Waals surface area contributed by atoms with Gasteiger partial charge in [0.05, 0.1) is 12.5 Å². The SMILES string of the molecule is CCN(CC)C(=O)[C@@H]1CCCN(C(=O)Cn2nnnc2CN(C)C(C)C)C1. The molecule has 1 fully saturated rings. The zero-order valence-electron chi connectivity index (χ0n) is 17.3. The second-order valence-electron chi connectivity index (χ2n) is 7.45. The first-order valence-electron chi connectivity index (χ1n) is 9.89. The van der Waals surface area contributed by atoms with Gasteiger partial charge in [0.15, 0.2) is 5.82 Å². The molecule has 9 heteroatoms. The largest absolute Gasteiger partial charge is 0.343 e. The van der Waals surface area contributed by atoms with Crippen LogP contribution < -0.4 is 0 Å². The van der Waals surface area contributed by atoms with Crippen LogP contribution >= 0.6 is 0 Å². The maximum atomic E-state index is 12.8. The molecule has 0 N–H and O–H groups in total. The van der Waals surface area contributed by atoms with Crippen molar-refractivity contribution in [3.05, 3.63) is 5.82 Å². The first-order valence-corrected chi connectivity index (χ1v) is 9.89.